The van der Waals surface area contributed by atoms with E-state index in [0.717, 1.165) is 0 Å². The minimum absolute atomic E-state index is 0.183. The normalized spacial score (nSPS) is 25.8. The summed E-state index contributed by atoms with van der Waals surface area (Å²) < 4.78 is 12.8. The number of nitrogen functional groups attached to an aromatic ring is 1. The average molecular weight is 367 g/mol. The van der Waals surface area contributed by atoms with E-state index in [9.17, 15) is 10.00 Å². The number of nitrogens with zero attached hydrogens (tertiary/aromatic N) is 5. The molecule has 134 valence electrons. The van der Waals surface area contributed by atoms with Crippen molar-refractivity contribution >= 4 is 25.5 Å². The molecule has 5 atom stereocenters. The van der Waals surface area contributed by atoms with Gasteiger partial charge in [-0.05, 0) is 6.42 Å². The van der Waals surface area contributed by atoms with Crippen LogP contribution in [0.3, 0.4) is 0 Å². The zero-order valence-corrected chi connectivity index (χ0v) is 14.0. The van der Waals surface area contributed by atoms with Gasteiger partial charge in [0.25, 0.3) is 0 Å². The van der Waals surface area contributed by atoms with Gasteiger partial charge >= 0.3 is 0 Å². The molecular formula is C13H18N7O4P. The van der Waals surface area contributed by atoms with Crippen molar-refractivity contribution in [2.24, 2.45) is 5.50 Å². The van der Waals surface area contributed by atoms with Crippen LogP contribution >= 0.6 is 8.53 Å². The van der Waals surface area contributed by atoms with Crippen LogP contribution in [0, 0.1) is 11.3 Å². The SMILES string of the molecule is N#CCCC(OP(N)O)[C@H]1O[C@@H](n2cnc3c(N)ncnc32)C[C@@H]1O. The Morgan fingerprint density at radius 3 is 3.04 bits per heavy atom. The Labute approximate surface area is 144 Å². The lowest BCUT2D eigenvalue weighted by molar-refractivity contribution is -0.0739. The van der Waals surface area contributed by atoms with Crippen LogP contribution in [0.2, 0.25) is 0 Å². The number of anilines is 1. The Hall–Kier alpha value is -1.93. The molecule has 1 saturated heterocycles. The number of fused-ring (bicyclic) bond motifs is 1. The van der Waals surface area contributed by atoms with Crippen molar-refractivity contribution in [3.8, 4) is 6.07 Å². The van der Waals surface area contributed by atoms with Crippen molar-refractivity contribution in [3.63, 3.8) is 0 Å². The second-order valence-electron chi connectivity index (χ2n) is 5.58. The molecule has 0 saturated carbocycles. The molecule has 0 radical (unpaired) electrons. The monoisotopic (exact) mass is 367 g/mol. The standard InChI is InChI=1S/C13H18N7O4P/c14-3-1-2-8(24-25(16)22)11-7(21)4-9(23-11)20-6-19-10-12(15)17-5-18-13(10)20/h5-9,11,21-22H,1-2,4,16H2,(H2,15,17,18)/t7-,8?,9+,11-,25?/m0/s1. The summed E-state index contributed by atoms with van der Waals surface area (Å²) in [5, 5.41) is 19.1. The first-order valence-corrected chi connectivity index (χ1v) is 8.83. The Balaban J connectivity index is 1.81. The second-order valence-corrected chi connectivity index (χ2v) is 6.40. The predicted octanol–water partition coefficient (Wildman–Crippen LogP) is -0.0762. The Kier molecular flexibility index (Phi) is 5.39. The van der Waals surface area contributed by atoms with Gasteiger partial charge in [0.05, 0.1) is 24.6 Å². The van der Waals surface area contributed by atoms with Crippen molar-refractivity contribution in [2.45, 2.75) is 43.8 Å². The van der Waals surface area contributed by atoms with E-state index in [1.165, 1.54) is 12.7 Å². The predicted molar refractivity (Wildman–Crippen MR) is 87.3 cm³/mol. The van der Waals surface area contributed by atoms with E-state index in [0.29, 0.717) is 11.2 Å². The molecule has 1 fully saturated rings. The van der Waals surface area contributed by atoms with Crippen LogP contribution in [0.4, 0.5) is 5.82 Å². The molecule has 25 heavy (non-hydrogen) atoms. The summed E-state index contributed by atoms with van der Waals surface area (Å²) in [6, 6.07) is 2.00. The maximum Gasteiger partial charge on any atom is 0.250 e. The summed E-state index contributed by atoms with van der Waals surface area (Å²) in [6.45, 7) is 0. The maximum atomic E-state index is 10.4. The molecule has 1 aliphatic heterocycles. The van der Waals surface area contributed by atoms with E-state index in [4.69, 9.17) is 25.8 Å². The Bertz CT molecular complexity index is 779. The first kappa shape index (κ1) is 17.9. The summed E-state index contributed by atoms with van der Waals surface area (Å²) in [6.07, 6.45) is 0.721. The van der Waals surface area contributed by atoms with Crippen LogP contribution in [0.5, 0.6) is 0 Å². The van der Waals surface area contributed by atoms with E-state index in [2.05, 4.69) is 15.0 Å². The number of aliphatic hydroxyl groups is 1. The molecule has 2 aromatic heterocycles. The van der Waals surface area contributed by atoms with Gasteiger partial charge in [0.1, 0.15) is 24.2 Å². The second kappa shape index (κ2) is 7.53. The number of hydrogen-bond acceptors (Lipinski definition) is 10. The summed E-state index contributed by atoms with van der Waals surface area (Å²) in [5.74, 6) is 0.253. The lowest BCUT2D eigenvalue weighted by atomic mass is 10.0. The number of nitriles is 1. The molecule has 1 aliphatic rings. The minimum atomic E-state index is -2.14. The molecule has 0 aromatic carbocycles. The molecule has 2 aromatic rings. The van der Waals surface area contributed by atoms with Crippen LogP contribution in [-0.4, -0.2) is 47.8 Å². The van der Waals surface area contributed by atoms with Crippen LogP contribution in [-0.2, 0) is 9.26 Å². The third kappa shape index (κ3) is 3.69. The summed E-state index contributed by atoms with van der Waals surface area (Å²) in [5.41, 5.74) is 12.0. The number of hydrogen-bond donors (Lipinski definition) is 4. The fraction of sp³-hybridized carbons (Fsp3) is 0.538. The highest BCUT2D eigenvalue weighted by Gasteiger charge is 2.41. The van der Waals surface area contributed by atoms with Gasteiger partial charge in [0, 0.05) is 12.8 Å². The number of nitrogens with two attached hydrogens (primary N) is 2. The third-order valence-corrected chi connectivity index (χ3v) is 4.47. The van der Waals surface area contributed by atoms with E-state index in [1.54, 1.807) is 4.57 Å². The summed E-state index contributed by atoms with van der Waals surface area (Å²) in [7, 11) is -2.14. The largest absolute Gasteiger partial charge is 0.390 e. The molecule has 0 amide bonds. The molecule has 0 aliphatic carbocycles. The van der Waals surface area contributed by atoms with Gasteiger partial charge in [0.15, 0.2) is 11.5 Å². The van der Waals surface area contributed by atoms with Gasteiger partial charge in [-0.15, -0.1) is 0 Å². The van der Waals surface area contributed by atoms with Crippen molar-refractivity contribution in [2.75, 3.05) is 5.73 Å². The molecular weight excluding hydrogens is 349 g/mol. The molecule has 3 rings (SSSR count). The van der Waals surface area contributed by atoms with Crippen molar-refractivity contribution in [1.82, 2.24) is 19.5 Å². The van der Waals surface area contributed by atoms with E-state index in [-0.39, 0.29) is 25.1 Å². The topological polar surface area (TPSA) is 178 Å². The zero-order chi connectivity index (χ0) is 18.0. The first-order valence-electron chi connectivity index (χ1n) is 7.55. The van der Waals surface area contributed by atoms with Gasteiger partial charge in [-0.1, -0.05) is 0 Å². The van der Waals surface area contributed by atoms with Gasteiger partial charge in [-0.3, -0.25) is 10.1 Å². The fourth-order valence-electron chi connectivity index (χ4n) is 2.89. The molecule has 11 nitrogen and oxygen atoms in total. The molecule has 2 unspecified atom stereocenters. The number of aromatic nitrogens is 4. The van der Waals surface area contributed by atoms with Crippen molar-refractivity contribution < 1.29 is 19.3 Å². The summed E-state index contributed by atoms with van der Waals surface area (Å²) >= 11 is 0. The molecule has 6 N–H and O–H groups in total. The maximum absolute atomic E-state index is 10.4. The van der Waals surface area contributed by atoms with Crippen LogP contribution < -0.4 is 11.2 Å². The smallest absolute Gasteiger partial charge is 0.250 e. The van der Waals surface area contributed by atoms with Gasteiger partial charge < -0.3 is 25.0 Å². The van der Waals surface area contributed by atoms with Crippen LogP contribution in [0.15, 0.2) is 12.7 Å². The number of aliphatic hydroxyl groups excluding tert-OH is 1. The van der Waals surface area contributed by atoms with Gasteiger partial charge in [0.2, 0.25) is 8.53 Å². The Morgan fingerprint density at radius 1 is 1.52 bits per heavy atom. The molecule has 3 heterocycles. The van der Waals surface area contributed by atoms with E-state index >= 15 is 0 Å². The summed E-state index contributed by atoms with van der Waals surface area (Å²) in [4.78, 5) is 21.6. The average Bonchev–Trinajstić information content (AvgIpc) is 3.15. The van der Waals surface area contributed by atoms with Gasteiger partial charge in [-0.25, -0.2) is 15.0 Å². The van der Waals surface area contributed by atoms with Crippen molar-refractivity contribution in [3.05, 3.63) is 12.7 Å². The van der Waals surface area contributed by atoms with Crippen LogP contribution in [0.25, 0.3) is 11.2 Å². The number of rotatable bonds is 6. The lowest BCUT2D eigenvalue weighted by Gasteiger charge is -2.25. The third-order valence-electron chi connectivity index (χ3n) is 3.98. The minimum Gasteiger partial charge on any atom is -0.390 e. The highest BCUT2D eigenvalue weighted by molar-refractivity contribution is 7.43. The van der Waals surface area contributed by atoms with Gasteiger partial charge in [-0.2, -0.15) is 5.26 Å². The van der Waals surface area contributed by atoms with E-state index in [1.807, 2.05) is 6.07 Å². The number of ether oxygens (including phenoxy) is 1. The molecule has 0 spiro atoms. The molecule has 12 heteroatoms. The Morgan fingerprint density at radius 2 is 2.32 bits per heavy atom. The van der Waals surface area contributed by atoms with Crippen molar-refractivity contribution in [1.29, 1.82) is 5.26 Å². The number of imidazole rings is 1. The highest BCUT2D eigenvalue weighted by atomic mass is 31.2. The fourth-order valence-corrected chi connectivity index (χ4v) is 3.39. The van der Waals surface area contributed by atoms with Crippen LogP contribution in [0.1, 0.15) is 25.5 Å². The highest BCUT2D eigenvalue weighted by Crippen LogP contribution is 2.37. The first-order chi connectivity index (χ1) is 12.0. The quantitative estimate of drug-likeness (QED) is 0.505. The molecule has 0 bridgehead atoms. The lowest BCUT2D eigenvalue weighted by Crippen LogP contribution is -2.36. The zero-order valence-electron chi connectivity index (χ0n) is 13.1. The van der Waals surface area contributed by atoms with E-state index < -0.39 is 33.1 Å².